The third-order valence-corrected chi connectivity index (χ3v) is 3.51. The van der Waals surface area contributed by atoms with Crippen molar-refractivity contribution < 1.29 is 0 Å². The van der Waals surface area contributed by atoms with Crippen LogP contribution in [0.4, 0.5) is 0 Å². The first-order chi connectivity index (χ1) is 11.4. The molecule has 1 aromatic carbocycles. The molecule has 0 radical (unpaired) electrons. The van der Waals surface area contributed by atoms with E-state index in [1.165, 1.54) is 6.33 Å². The molecule has 1 N–H and O–H groups in total. The highest BCUT2D eigenvalue weighted by molar-refractivity contribution is 5.88. The van der Waals surface area contributed by atoms with Crippen molar-refractivity contribution in [2.24, 2.45) is 0 Å². The maximum atomic E-state index is 9.49. The first kappa shape index (κ1) is 13.0. The van der Waals surface area contributed by atoms with Crippen LogP contribution in [-0.2, 0) is 0 Å². The second-order valence-corrected chi connectivity index (χ2v) is 4.84. The molecule has 108 valence electrons. The van der Waals surface area contributed by atoms with Crippen molar-refractivity contribution in [3.8, 4) is 28.5 Å². The summed E-state index contributed by atoms with van der Waals surface area (Å²) in [5.74, 6) is 0. The van der Waals surface area contributed by atoms with E-state index in [9.17, 15) is 5.26 Å². The number of hydrogen-bond donors (Lipinski definition) is 1. The average molecular weight is 299 g/mol. The first-order valence-corrected chi connectivity index (χ1v) is 6.83. The fourth-order valence-corrected chi connectivity index (χ4v) is 2.50. The number of pyridine rings is 1. The molecule has 0 fully saturated rings. The second kappa shape index (κ2) is 5.27. The molecule has 0 saturated carbocycles. The van der Waals surface area contributed by atoms with Crippen LogP contribution in [0.3, 0.4) is 0 Å². The zero-order chi connectivity index (χ0) is 15.6. The average Bonchev–Trinajstić information content (AvgIpc) is 3.09. The summed E-state index contributed by atoms with van der Waals surface area (Å²) >= 11 is 0. The van der Waals surface area contributed by atoms with Gasteiger partial charge in [0.1, 0.15) is 11.8 Å². The van der Waals surface area contributed by atoms with Gasteiger partial charge in [-0.05, 0) is 18.2 Å². The molecule has 0 aliphatic heterocycles. The predicted molar refractivity (Wildman–Crippen MR) is 82.9 cm³/mol. The van der Waals surface area contributed by atoms with Crippen LogP contribution in [-0.4, -0.2) is 30.4 Å². The van der Waals surface area contributed by atoms with Crippen LogP contribution in [0.25, 0.3) is 33.5 Å². The van der Waals surface area contributed by atoms with Crippen molar-refractivity contribution in [1.82, 2.24) is 30.4 Å². The molecule has 0 saturated heterocycles. The lowest BCUT2D eigenvalue weighted by Crippen LogP contribution is -1.93. The third-order valence-electron chi connectivity index (χ3n) is 3.51. The lowest BCUT2D eigenvalue weighted by Gasteiger charge is -2.10. The topological polar surface area (TPSA) is 104 Å². The number of aromatic nitrogens is 6. The summed E-state index contributed by atoms with van der Waals surface area (Å²) in [5.41, 5.74) is 4.97. The number of H-pyrrole nitrogens is 1. The summed E-state index contributed by atoms with van der Waals surface area (Å²) in [6.07, 6.45) is 4.84. The lowest BCUT2D eigenvalue weighted by atomic mass is 9.94. The van der Waals surface area contributed by atoms with Gasteiger partial charge in [0.2, 0.25) is 5.65 Å². The minimum Gasteiger partial charge on any atom is -0.256 e. The fraction of sp³-hybridized carbons (Fsp3) is 0. The van der Waals surface area contributed by atoms with Crippen molar-refractivity contribution in [3.63, 3.8) is 0 Å². The molecule has 0 unspecified atom stereocenters. The zero-order valence-corrected chi connectivity index (χ0v) is 11.8. The molecule has 4 rings (SSSR count). The Balaban J connectivity index is 2.01. The number of nitrogens with one attached hydrogen (secondary N) is 1. The monoisotopic (exact) mass is 299 g/mol. The number of benzene rings is 1. The van der Waals surface area contributed by atoms with Gasteiger partial charge in [-0.25, -0.2) is 15.0 Å². The highest BCUT2D eigenvalue weighted by Crippen LogP contribution is 2.34. The Morgan fingerprint density at radius 2 is 2.09 bits per heavy atom. The minimum atomic E-state index is 0.534. The van der Waals surface area contributed by atoms with Crippen LogP contribution in [0.2, 0.25) is 0 Å². The fourth-order valence-electron chi connectivity index (χ4n) is 2.50. The van der Waals surface area contributed by atoms with Gasteiger partial charge in [-0.15, -0.1) is 5.10 Å². The van der Waals surface area contributed by atoms with Crippen LogP contribution in [0.1, 0.15) is 5.56 Å². The van der Waals surface area contributed by atoms with Crippen LogP contribution in [0, 0.1) is 11.3 Å². The molecule has 7 heteroatoms. The van der Waals surface area contributed by atoms with Crippen molar-refractivity contribution >= 4 is 11.2 Å². The second-order valence-electron chi connectivity index (χ2n) is 4.84. The van der Waals surface area contributed by atoms with Gasteiger partial charge in [0.25, 0.3) is 0 Å². The van der Waals surface area contributed by atoms with E-state index in [4.69, 9.17) is 0 Å². The van der Waals surface area contributed by atoms with Gasteiger partial charge in [-0.3, -0.25) is 5.10 Å². The van der Waals surface area contributed by atoms with Gasteiger partial charge < -0.3 is 0 Å². The van der Waals surface area contributed by atoms with Gasteiger partial charge in [-0.1, -0.05) is 17.3 Å². The maximum absolute atomic E-state index is 9.49. The van der Waals surface area contributed by atoms with Crippen LogP contribution < -0.4 is 0 Å². The largest absolute Gasteiger partial charge is 0.256 e. The summed E-state index contributed by atoms with van der Waals surface area (Å²) in [4.78, 5) is 12.5. The van der Waals surface area contributed by atoms with E-state index in [1.807, 2.05) is 24.3 Å². The number of rotatable bonds is 2. The Bertz CT molecular complexity index is 1030. The Morgan fingerprint density at radius 3 is 2.91 bits per heavy atom. The maximum Gasteiger partial charge on any atom is 0.201 e. The van der Waals surface area contributed by atoms with Crippen molar-refractivity contribution in [3.05, 3.63) is 54.6 Å². The van der Waals surface area contributed by atoms with E-state index in [0.29, 0.717) is 16.7 Å². The molecule has 0 amide bonds. The van der Waals surface area contributed by atoms with Gasteiger partial charge in [0.05, 0.1) is 17.3 Å². The Kier molecular flexibility index (Phi) is 2.99. The van der Waals surface area contributed by atoms with Crippen molar-refractivity contribution in [1.29, 1.82) is 5.26 Å². The summed E-state index contributed by atoms with van der Waals surface area (Å²) in [6, 6.07) is 11.5. The first-order valence-electron chi connectivity index (χ1n) is 6.83. The number of hydrogen-bond acceptors (Lipinski definition) is 6. The standard InChI is InChI=1S/C16H9N7/c17-7-10-2-1-3-12(13-4-5-18-9-20-13)15(10)11-6-14-16(19-8-11)22-23-21-14/h1-6,8-9H,(H,19,21,22,23). The highest BCUT2D eigenvalue weighted by atomic mass is 15.3. The number of nitrogens with zero attached hydrogens (tertiary/aromatic N) is 6. The lowest BCUT2D eigenvalue weighted by molar-refractivity contribution is 0.954. The molecule has 0 bridgehead atoms. The summed E-state index contributed by atoms with van der Waals surface area (Å²) in [6.45, 7) is 0. The number of fused-ring (bicyclic) bond motifs is 1. The Labute approximate surface area is 130 Å². The SMILES string of the molecule is N#Cc1cccc(-c2ccncn2)c1-c1cnc2nn[nH]c2c1. The van der Waals surface area contributed by atoms with Crippen LogP contribution in [0.15, 0.2) is 49.1 Å². The van der Waals surface area contributed by atoms with E-state index in [1.54, 1.807) is 18.5 Å². The van der Waals surface area contributed by atoms with E-state index in [2.05, 4.69) is 36.4 Å². The van der Waals surface area contributed by atoms with Crippen molar-refractivity contribution in [2.75, 3.05) is 0 Å². The molecule has 3 aromatic heterocycles. The Morgan fingerprint density at radius 1 is 1.13 bits per heavy atom. The number of nitriles is 1. The van der Waals surface area contributed by atoms with Gasteiger partial charge in [0, 0.05) is 29.1 Å². The van der Waals surface area contributed by atoms with E-state index in [-0.39, 0.29) is 0 Å². The van der Waals surface area contributed by atoms with E-state index in [0.717, 1.165) is 22.4 Å². The Hall–Kier alpha value is -3.66. The smallest absolute Gasteiger partial charge is 0.201 e. The summed E-state index contributed by atoms with van der Waals surface area (Å²) in [7, 11) is 0. The van der Waals surface area contributed by atoms with Gasteiger partial charge >= 0.3 is 0 Å². The number of aromatic amines is 1. The van der Waals surface area contributed by atoms with E-state index >= 15 is 0 Å². The molecule has 0 spiro atoms. The molecule has 0 atom stereocenters. The molecular formula is C16H9N7. The third kappa shape index (κ3) is 2.18. The molecular weight excluding hydrogens is 290 g/mol. The summed E-state index contributed by atoms with van der Waals surface area (Å²) < 4.78 is 0. The summed E-state index contributed by atoms with van der Waals surface area (Å²) in [5, 5.41) is 19.9. The molecule has 4 aromatic rings. The van der Waals surface area contributed by atoms with E-state index < -0.39 is 0 Å². The normalized spacial score (nSPS) is 10.6. The minimum absolute atomic E-state index is 0.534. The van der Waals surface area contributed by atoms with Crippen molar-refractivity contribution in [2.45, 2.75) is 0 Å². The molecule has 0 aliphatic carbocycles. The molecule has 7 nitrogen and oxygen atoms in total. The molecule has 3 heterocycles. The van der Waals surface area contributed by atoms with Gasteiger partial charge in [0.15, 0.2) is 0 Å². The highest BCUT2D eigenvalue weighted by Gasteiger charge is 2.14. The zero-order valence-electron chi connectivity index (χ0n) is 11.8. The van der Waals surface area contributed by atoms with Crippen LogP contribution >= 0.6 is 0 Å². The van der Waals surface area contributed by atoms with Crippen LogP contribution in [0.5, 0.6) is 0 Å². The molecule has 0 aliphatic rings. The molecule has 23 heavy (non-hydrogen) atoms. The predicted octanol–water partition coefficient (Wildman–Crippen LogP) is 2.35. The quantitative estimate of drug-likeness (QED) is 0.609. The van der Waals surface area contributed by atoms with Gasteiger partial charge in [-0.2, -0.15) is 5.26 Å².